The number of carboxylic acid groups (broad SMARTS) is 1. The molecule has 1 rings (SSSR count). The summed E-state index contributed by atoms with van der Waals surface area (Å²) in [6, 6.07) is 6.87. The molecule has 0 saturated carbocycles. The normalized spacial score (nSPS) is 11.3. The minimum Gasteiger partial charge on any atom is -0.480 e. The molecule has 1 amide bonds. The van der Waals surface area contributed by atoms with Crippen LogP contribution in [0, 0.1) is 11.3 Å². The summed E-state index contributed by atoms with van der Waals surface area (Å²) in [5.74, 6) is -1.66. The molecule has 0 aliphatic rings. The first-order valence-corrected chi connectivity index (χ1v) is 5.58. The molecule has 0 radical (unpaired) electrons. The molecule has 0 aromatic heterocycles. The Morgan fingerprint density at radius 3 is 2.50 bits per heavy atom. The maximum atomic E-state index is 11.7. The zero-order valence-electron chi connectivity index (χ0n) is 9.39. The topological polar surface area (TPSA) is 90.2 Å². The van der Waals surface area contributed by atoms with Crippen LogP contribution < -0.4 is 5.32 Å². The predicted octanol–water partition coefficient (Wildman–Crippen LogP) is 1.83. The number of halogens is 1. The molecule has 1 aromatic carbocycles. The van der Waals surface area contributed by atoms with Crippen LogP contribution in [0.15, 0.2) is 24.3 Å². The van der Waals surface area contributed by atoms with Gasteiger partial charge < -0.3 is 10.4 Å². The predicted molar refractivity (Wildman–Crippen MR) is 65.2 cm³/mol. The molecule has 18 heavy (non-hydrogen) atoms. The van der Waals surface area contributed by atoms with Crippen molar-refractivity contribution in [3.05, 3.63) is 34.9 Å². The van der Waals surface area contributed by atoms with Crippen LogP contribution in [0.5, 0.6) is 0 Å². The number of rotatable bonds is 5. The molecule has 0 fully saturated rings. The van der Waals surface area contributed by atoms with Gasteiger partial charge in [0, 0.05) is 17.0 Å². The van der Waals surface area contributed by atoms with Crippen LogP contribution in [0.3, 0.4) is 0 Å². The number of aliphatic carboxylic acids is 1. The van der Waals surface area contributed by atoms with Gasteiger partial charge in [0.1, 0.15) is 6.04 Å². The molecule has 1 atom stereocenters. The second kappa shape index (κ2) is 6.62. The van der Waals surface area contributed by atoms with E-state index in [2.05, 4.69) is 5.32 Å². The number of amides is 1. The molecule has 5 nitrogen and oxygen atoms in total. The highest BCUT2D eigenvalue weighted by molar-refractivity contribution is 6.30. The van der Waals surface area contributed by atoms with Crippen LogP contribution in [-0.2, 0) is 4.79 Å². The maximum Gasteiger partial charge on any atom is 0.326 e. The molecule has 2 N–H and O–H groups in total. The van der Waals surface area contributed by atoms with Crippen molar-refractivity contribution >= 4 is 23.5 Å². The van der Waals surface area contributed by atoms with Gasteiger partial charge in [0.25, 0.3) is 5.91 Å². The number of nitrogens with zero attached hydrogens (tertiary/aromatic N) is 1. The summed E-state index contributed by atoms with van der Waals surface area (Å²) in [5, 5.41) is 20.1. The Labute approximate surface area is 109 Å². The van der Waals surface area contributed by atoms with E-state index in [0.717, 1.165) is 0 Å². The lowest BCUT2D eigenvalue weighted by Gasteiger charge is -2.12. The fourth-order valence-electron chi connectivity index (χ4n) is 1.31. The highest BCUT2D eigenvalue weighted by Gasteiger charge is 2.20. The molecule has 0 aliphatic carbocycles. The van der Waals surface area contributed by atoms with E-state index in [-0.39, 0.29) is 12.8 Å². The molecule has 0 bridgehead atoms. The van der Waals surface area contributed by atoms with E-state index < -0.39 is 17.9 Å². The number of hydrogen-bond acceptors (Lipinski definition) is 3. The van der Waals surface area contributed by atoms with E-state index in [9.17, 15) is 9.59 Å². The molecule has 0 aliphatic heterocycles. The number of nitriles is 1. The summed E-state index contributed by atoms with van der Waals surface area (Å²) in [5.41, 5.74) is 0.322. The Morgan fingerprint density at radius 2 is 2.00 bits per heavy atom. The first-order chi connectivity index (χ1) is 8.54. The van der Waals surface area contributed by atoms with Crippen LogP contribution in [-0.4, -0.2) is 23.0 Å². The van der Waals surface area contributed by atoms with Gasteiger partial charge in [0.05, 0.1) is 6.07 Å². The quantitative estimate of drug-likeness (QED) is 0.851. The minimum absolute atomic E-state index is 0.0673. The van der Waals surface area contributed by atoms with E-state index in [1.165, 1.54) is 12.1 Å². The van der Waals surface area contributed by atoms with Crippen LogP contribution in [0.4, 0.5) is 0 Å². The van der Waals surface area contributed by atoms with Gasteiger partial charge in [-0.25, -0.2) is 4.79 Å². The molecule has 0 heterocycles. The highest BCUT2D eigenvalue weighted by atomic mass is 35.5. The summed E-state index contributed by atoms with van der Waals surface area (Å²) in [6.07, 6.45) is 0.142. The van der Waals surface area contributed by atoms with Crippen molar-refractivity contribution in [1.29, 1.82) is 5.26 Å². The highest BCUT2D eigenvalue weighted by Crippen LogP contribution is 2.10. The van der Waals surface area contributed by atoms with Gasteiger partial charge in [0.15, 0.2) is 0 Å². The molecular formula is C12H11ClN2O3. The number of nitrogens with one attached hydrogen (secondary N) is 1. The SMILES string of the molecule is N#CCC[C@H](NC(=O)c1ccc(Cl)cc1)C(=O)O. The third-order valence-corrected chi connectivity index (χ3v) is 2.51. The summed E-state index contributed by atoms with van der Waals surface area (Å²) >= 11 is 5.68. The van der Waals surface area contributed by atoms with Crippen molar-refractivity contribution in [2.75, 3.05) is 0 Å². The summed E-state index contributed by atoms with van der Waals surface area (Å²) < 4.78 is 0. The minimum atomic E-state index is -1.16. The zero-order valence-corrected chi connectivity index (χ0v) is 10.1. The molecule has 0 spiro atoms. The van der Waals surface area contributed by atoms with E-state index in [1.807, 2.05) is 6.07 Å². The smallest absolute Gasteiger partial charge is 0.326 e. The van der Waals surface area contributed by atoms with Crippen molar-refractivity contribution in [3.8, 4) is 6.07 Å². The third kappa shape index (κ3) is 4.07. The second-order valence-electron chi connectivity index (χ2n) is 3.57. The molecule has 94 valence electrons. The van der Waals surface area contributed by atoms with E-state index in [0.29, 0.717) is 10.6 Å². The Morgan fingerprint density at radius 1 is 1.39 bits per heavy atom. The summed E-state index contributed by atoms with van der Waals surface area (Å²) in [4.78, 5) is 22.6. The summed E-state index contributed by atoms with van der Waals surface area (Å²) in [7, 11) is 0. The van der Waals surface area contributed by atoms with Crippen molar-refractivity contribution in [1.82, 2.24) is 5.32 Å². The second-order valence-corrected chi connectivity index (χ2v) is 4.00. The van der Waals surface area contributed by atoms with E-state index in [4.69, 9.17) is 22.0 Å². The fraction of sp³-hybridized carbons (Fsp3) is 0.250. The first kappa shape index (κ1) is 14.0. The summed E-state index contributed by atoms with van der Waals surface area (Å²) in [6.45, 7) is 0. The van der Waals surface area contributed by atoms with Crippen molar-refractivity contribution in [2.45, 2.75) is 18.9 Å². The van der Waals surface area contributed by atoms with Gasteiger partial charge in [0.2, 0.25) is 0 Å². The molecule has 0 saturated heterocycles. The largest absolute Gasteiger partial charge is 0.480 e. The van der Waals surface area contributed by atoms with Gasteiger partial charge in [-0.1, -0.05) is 11.6 Å². The molecule has 0 unspecified atom stereocenters. The van der Waals surface area contributed by atoms with Gasteiger partial charge >= 0.3 is 5.97 Å². The first-order valence-electron chi connectivity index (χ1n) is 5.20. The lowest BCUT2D eigenvalue weighted by atomic mass is 10.1. The number of carbonyl (C=O) groups excluding carboxylic acids is 1. The lowest BCUT2D eigenvalue weighted by Crippen LogP contribution is -2.40. The Kier molecular flexibility index (Phi) is 5.15. The number of hydrogen-bond donors (Lipinski definition) is 2. The lowest BCUT2D eigenvalue weighted by molar-refractivity contribution is -0.139. The molecule has 6 heteroatoms. The average Bonchev–Trinajstić information content (AvgIpc) is 2.34. The maximum absolute atomic E-state index is 11.7. The van der Waals surface area contributed by atoms with Gasteiger partial charge in [-0.15, -0.1) is 0 Å². The zero-order chi connectivity index (χ0) is 13.5. The molecular weight excluding hydrogens is 256 g/mol. The van der Waals surface area contributed by atoms with Crippen LogP contribution >= 0.6 is 11.6 Å². The number of carbonyl (C=O) groups is 2. The van der Waals surface area contributed by atoms with Gasteiger partial charge in [-0.05, 0) is 30.7 Å². The average molecular weight is 267 g/mol. The number of carboxylic acids is 1. The Balaban J connectivity index is 2.69. The number of benzene rings is 1. The monoisotopic (exact) mass is 266 g/mol. The van der Waals surface area contributed by atoms with Crippen LogP contribution in [0.1, 0.15) is 23.2 Å². The Hall–Kier alpha value is -2.06. The van der Waals surface area contributed by atoms with Gasteiger partial charge in [-0.2, -0.15) is 5.26 Å². The molecule has 1 aromatic rings. The fourth-order valence-corrected chi connectivity index (χ4v) is 1.44. The third-order valence-electron chi connectivity index (χ3n) is 2.25. The van der Waals surface area contributed by atoms with Crippen molar-refractivity contribution in [3.63, 3.8) is 0 Å². The standard InChI is InChI=1S/C12H11ClN2O3/c13-9-5-3-8(4-6-9)11(16)15-10(12(17)18)2-1-7-14/h3-6,10H,1-2H2,(H,15,16)(H,17,18)/t10-/m0/s1. The van der Waals surface area contributed by atoms with E-state index >= 15 is 0 Å². The Bertz CT molecular complexity index is 479. The van der Waals surface area contributed by atoms with Crippen LogP contribution in [0.25, 0.3) is 0 Å². The van der Waals surface area contributed by atoms with Crippen molar-refractivity contribution < 1.29 is 14.7 Å². The van der Waals surface area contributed by atoms with Crippen LogP contribution in [0.2, 0.25) is 5.02 Å². The van der Waals surface area contributed by atoms with Crippen molar-refractivity contribution in [2.24, 2.45) is 0 Å². The van der Waals surface area contributed by atoms with Gasteiger partial charge in [-0.3, -0.25) is 4.79 Å². The van der Waals surface area contributed by atoms with E-state index in [1.54, 1.807) is 12.1 Å².